The summed E-state index contributed by atoms with van der Waals surface area (Å²) in [4.78, 5) is 3.94. The summed E-state index contributed by atoms with van der Waals surface area (Å²) in [5, 5.41) is 11.9. The van der Waals surface area contributed by atoms with E-state index in [1.165, 1.54) is 0 Å². The Hall–Kier alpha value is -1.38. The topological polar surface area (TPSA) is 45.5 Å². The molecule has 1 aromatic heterocycles. The average Bonchev–Trinajstić information content (AvgIpc) is 2.15. The van der Waals surface area contributed by atoms with E-state index in [0.717, 1.165) is 18.4 Å². The SMILES string of the molecule is CCC/C(=N/O)c1cccnc1. The van der Waals surface area contributed by atoms with Gasteiger partial charge >= 0.3 is 0 Å². The van der Waals surface area contributed by atoms with Crippen LogP contribution in [0.4, 0.5) is 0 Å². The van der Waals surface area contributed by atoms with E-state index in [2.05, 4.69) is 10.1 Å². The van der Waals surface area contributed by atoms with E-state index in [1.54, 1.807) is 12.4 Å². The molecule has 0 aliphatic heterocycles. The van der Waals surface area contributed by atoms with Crippen molar-refractivity contribution in [3.05, 3.63) is 30.1 Å². The Kier molecular flexibility index (Phi) is 3.26. The molecule has 0 unspecified atom stereocenters. The molecule has 0 aromatic carbocycles. The second kappa shape index (κ2) is 4.49. The third-order valence-electron chi connectivity index (χ3n) is 1.60. The van der Waals surface area contributed by atoms with Gasteiger partial charge in [0.2, 0.25) is 0 Å². The number of nitrogens with zero attached hydrogens (tertiary/aromatic N) is 2. The number of aromatic nitrogens is 1. The Morgan fingerprint density at radius 1 is 1.67 bits per heavy atom. The molecule has 0 aliphatic carbocycles. The molecule has 0 amide bonds. The third kappa shape index (κ3) is 2.05. The predicted octanol–water partition coefficient (Wildman–Crippen LogP) is 2.06. The summed E-state index contributed by atoms with van der Waals surface area (Å²) in [7, 11) is 0. The van der Waals surface area contributed by atoms with Crippen molar-refractivity contribution in [2.24, 2.45) is 5.16 Å². The highest BCUT2D eigenvalue weighted by Gasteiger charge is 2.01. The van der Waals surface area contributed by atoms with Gasteiger partial charge in [-0.2, -0.15) is 0 Å². The van der Waals surface area contributed by atoms with Crippen LogP contribution in [-0.4, -0.2) is 15.9 Å². The minimum atomic E-state index is 0.700. The smallest absolute Gasteiger partial charge is 0.0883 e. The molecule has 64 valence electrons. The molecule has 0 fully saturated rings. The van der Waals surface area contributed by atoms with E-state index in [4.69, 9.17) is 5.21 Å². The fraction of sp³-hybridized carbons (Fsp3) is 0.333. The standard InChI is InChI=1S/C9H12N2O/c1-2-4-9(11-12)8-5-3-6-10-7-8/h3,5-7,12H,2,4H2,1H3/b11-9-. The minimum absolute atomic E-state index is 0.700. The van der Waals surface area contributed by atoms with Crippen LogP contribution in [0.1, 0.15) is 25.3 Å². The van der Waals surface area contributed by atoms with Crippen molar-refractivity contribution in [1.29, 1.82) is 0 Å². The lowest BCUT2D eigenvalue weighted by atomic mass is 10.1. The Morgan fingerprint density at radius 3 is 3.00 bits per heavy atom. The van der Waals surface area contributed by atoms with Crippen molar-refractivity contribution in [3.63, 3.8) is 0 Å². The Labute approximate surface area is 71.8 Å². The van der Waals surface area contributed by atoms with E-state index < -0.39 is 0 Å². The van der Waals surface area contributed by atoms with Crippen LogP contribution in [0.2, 0.25) is 0 Å². The van der Waals surface area contributed by atoms with Crippen LogP contribution < -0.4 is 0 Å². The molecule has 0 saturated heterocycles. The first kappa shape index (κ1) is 8.71. The quantitative estimate of drug-likeness (QED) is 0.422. The molecule has 0 bridgehead atoms. The first-order valence-electron chi connectivity index (χ1n) is 3.99. The molecular formula is C9H12N2O. The van der Waals surface area contributed by atoms with E-state index in [0.29, 0.717) is 5.71 Å². The lowest BCUT2D eigenvalue weighted by Crippen LogP contribution is -2.00. The second-order valence-corrected chi connectivity index (χ2v) is 2.54. The first-order valence-corrected chi connectivity index (χ1v) is 3.99. The van der Waals surface area contributed by atoms with Crippen LogP contribution in [0.5, 0.6) is 0 Å². The van der Waals surface area contributed by atoms with Crippen molar-refractivity contribution in [2.45, 2.75) is 19.8 Å². The van der Waals surface area contributed by atoms with Crippen molar-refractivity contribution < 1.29 is 5.21 Å². The molecule has 1 aromatic rings. The number of hydrogen-bond donors (Lipinski definition) is 1. The van der Waals surface area contributed by atoms with Crippen LogP contribution in [0, 0.1) is 0 Å². The highest BCUT2D eigenvalue weighted by Crippen LogP contribution is 2.03. The summed E-state index contributed by atoms with van der Waals surface area (Å²) in [6.07, 6.45) is 5.14. The molecule has 12 heavy (non-hydrogen) atoms. The van der Waals surface area contributed by atoms with Crippen molar-refractivity contribution in [3.8, 4) is 0 Å². The van der Waals surface area contributed by atoms with Crippen molar-refractivity contribution in [2.75, 3.05) is 0 Å². The number of pyridine rings is 1. The first-order chi connectivity index (χ1) is 5.88. The summed E-state index contributed by atoms with van der Waals surface area (Å²) in [6, 6.07) is 3.72. The van der Waals surface area contributed by atoms with E-state index in [1.807, 2.05) is 19.1 Å². The maximum atomic E-state index is 8.67. The van der Waals surface area contributed by atoms with E-state index >= 15 is 0 Å². The molecule has 3 nitrogen and oxygen atoms in total. The van der Waals surface area contributed by atoms with Gasteiger partial charge in [0.15, 0.2) is 0 Å². The minimum Gasteiger partial charge on any atom is -0.411 e. The predicted molar refractivity (Wildman–Crippen MR) is 47.5 cm³/mol. The zero-order valence-corrected chi connectivity index (χ0v) is 7.07. The van der Waals surface area contributed by atoms with Crippen LogP contribution in [0.3, 0.4) is 0 Å². The van der Waals surface area contributed by atoms with Crippen LogP contribution in [-0.2, 0) is 0 Å². The van der Waals surface area contributed by atoms with Crippen LogP contribution in [0.15, 0.2) is 29.7 Å². The molecule has 3 heteroatoms. The van der Waals surface area contributed by atoms with Gasteiger partial charge in [-0.25, -0.2) is 0 Å². The largest absolute Gasteiger partial charge is 0.411 e. The molecular weight excluding hydrogens is 152 g/mol. The average molecular weight is 164 g/mol. The Bertz CT molecular complexity index is 256. The molecule has 0 aliphatic rings. The Balaban J connectivity index is 2.82. The van der Waals surface area contributed by atoms with E-state index in [9.17, 15) is 0 Å². The summed E-state index contributed by atoms with van der Waals surface area (Å²) >= 11 is 0. The zero-order valence-electron chi connectivity index (χ0n) is 7.07. The van der Waals surface area contributed by atoms with Gasteiger partial charge in [-0.15, -0.1) is 0 Å². The van der Waals surface area contributed by atoms with Gasteiger partial charge in [0.05, 0.1) is 5.71 Å². The van der Waals surface area contributed by atoms with Gasteiger partial charge in [-0.05, 0) is 18.6 Å². The normalized spacial score (nSPS) is 11.6. The molecule has 0 saturated carbocycles. The van der Waals surface area contributed by atoms with E-state index in [-0.39, 0.29) is 0 Å². The van der Waals surface area contributed by atoms with Gasteiger partial charge in [0.25, 0.3) is 0 Å². The molecule has 1 N–H and O–H groups in total. The van der Waals surface area contributed by atoms with Gasteiger partial charge < -0.3 is 5.21 Å². The highest BCUT2D eigenvalue weighted by atomic mass is 16.4. The molecule has 1 rings (SSSR count). The van der Waals surface area contributed by atoms with Gasteiger partial charge in [-0.3, -0.25) is 4.98 Å². The van der Waals surface area contributed by atoms with Crippen molar-refractivity contribution >= 4 is 5.71 Å². The fourth-order valence-electron chi connectivity index (χ4n) is 1.02. The maximum absolute atomic E-state index is 8.67. The van der Waals surface area contributed by atoms with Crippen molar-refractivity contribution in [1.82, 2.24) is 4.98 Å². The van der Waals surface area contributed by atoms with Gasteiger partial charge in [0.1, 0.15) is 0 Å². The van der Waals surface area contributed by atoms with Crippen LogP contribution in [0.25, 0.3) is 0 Å². The number of rotatable bonds is 3. The summed E-state index contributed by atoms with van der Waals surface area (Å²) in [5.41, 5.74) is 1.59. The number of oxime groups is 1. The lowest BCUT2D eigenvalue weighted by molar-refractivity contribution is 0.318. The number of hydrogen-bond acceptors (Lipinski definition) is 3. The Morgan fingerprint density at radius 2 is 2.50 bits per heavy atom. The third-order valence-corrected chi connectivity index (χ3v) is 1.60. The van der Waals surface area contributed by atoms with Gasteiger partial charge in [0, 0.05) is 18.0 Å². The summed E-state index contributed by atoms with van der Waals surface area (Å²) < 4.78 is 0. The molecule has 0 radical (unpaired) electrons. The highest BCUT2D eigenvalue weighted by molar-refractivity contribution is 5.99. The van der Waals surface area contributed by atoms with Crippen LogP contribution >= 0.6 is 0 Å². The summed E-state index contributed by atoms with van der Waals surface area (Å²) in [6.45, 7) is 2.04. The monoisotopic (exact) mass is 164 g/mol. The zero-order chi connectivity index (χ0) is 8.81. The molecule has 0 atom stereocenters. The summed E-state index contributed by atoms with van der Waals surface area (Å²) in [5.74, 6) is 0. The second-order valence-electron chi connectivity index (χ2n) is 2.54. The van der Waals surface area contributed by atoms with Gasteiger partial charge in [-0.1, -0.05) is 18.5 Å². The fourth-order valence-corrected chi connectivity index (χ4v) is 1.02. The lowest BCUT2D eigenvalue weighted by Gasteiger charge is -2.00. The maximum Gasteiger partial charge on any atom is 0.0883 e. The molecule has 0 spiro atoms. The molecule has 1 heterocycles.